The van der Waals surface area contributed by atoms with E-state index in [0.717, 1.165) is 6.42 Å². The van der Waals surface area contributed by atoms with E-state index >= 15 is 0 Å². The summed E-state index contributed by atoms with van der Waals surface area (Å²) >= 11 is 0. The molecule has 0 amide bonds. The molecule has 2 rings (SSSR count). The van der Waals surface area contributed by atoms with Crippen LogP contribution < -0.4 is 4.90 Å². The van der Waals surface area contributed by atoms with Crippen molar-refractivity contribution in [3.05, 3.63) is 29.8 Å². The second kappa shape index (κ2) is 5.40. The fraction of sp³-hybridized carbons (Fsp3) is 0.500. The lowest BCUT2D eigenvalue weighted by atomic mass is 10.1. The number of anilines is 1. The quantitative estimate of drug-likeness (QED) is 0.866. The Kier molecular flexibility index (Phi) is 3.87. The lowest BCUT2D eigenvalue weighted by Crippen LogP contribution is -2.41. The first kappa shape index (κ1) is 12.9. The molecule has 0 radical (unpaired) electrons. The number of benzene rings is 1. The van der Waals surface area contributed by atoms with Crippen molar-refractivity contribution in [3.63, 3.8) is 0 Å². The highest BCUT2D eigenvalue weighted by atomic mass is 16.5. The van der Waals surface area contributed by atoms with Crippen molar-refractivity contribution in [1.82, 2.24) is 0 Å². The summed E-state index contributed by atoms with van der Waals surface area (Å²) in [5.74, 6) is -0.915. The van der Waals surface area contributed by atoms with Gasteiger partial charge in [-0.15, -0.1) is 0 Å². The number of aliphatic carboxylic acids is 1. The Morgan fingerprint density at radius 1 is 1.50 bits per heavy atom. The van der Waals surface area contributed by atoms with Crippen LogP contribution in [0.2, 0.25) is 0 Å². The smallest absolute Gasteiger partial charge is 0.329 e. The van der Waals surface area contributed by atoms with Gasteiger partial charge in [-0.05, 0) is 31.9 Å². The van der Waals surface area contributed by atoms with Gasteiger partial charge in [-0.1, -0.05) is 18.2 Å². The molecule has 0 aromatic heterocycles. The molecule has 0 spiro atoms. The van der Waals surface area contributed by atoms with Crippen LogP contribution in [-0.2, 0) is 16.0 Å². The molecule has 0 saturated heterocycles. The van der Waals surface area contributed by atoms with E-state index in [-0.39, 0.29) is 12.6 Å². The van der Waals surface area contributed by atoms with E-state index in [0.29, 0.717) is 12.6 Å². The maximum Gasteiger partial charge on any atom is 0.329 e. The van der Waals surface area contributed by atoms with E-state index in [1.807, 2.05) is 12.1 Å². The molecule has 1 aromatic carbocycles. The summed E-state index contributed by atoms with van der Waals surface area (Å²) in [6, 6.07) is 8.94. The zero-order valence-electron chi connectivity index (χ0n) is 10.8. The third-order valence-corrected chi connectivity index (χ3v) is 3.21. The maximum absolute atomic E-state index is 10.5. The first-order valence-corrected chi connectivity index (χ1v) is 6.25. The second-order valence-corrected chi connectivity index (χ2v) is 4.90. The third-order valence-electron chi connectivity index (χ3n) is 3.21. The van der Waals surface area contributed by atoms with Crippen LogP contribution in [0.5, 0.6) is 0 Å². The predicted octanol–water partition coefficient (Wildman–Crippen LogP) is 1.93. The molecule has 4 nitrogen and oxygen atoms in total. The van der Waals surface area contributed by atoms with E-state index in [4.69, 9.17) is 9.84 Å². The molecule has 18 heavy (non-hydrogen) atoms. The minimum Gasteiger partial charge on any atom is -0.480 e. The Bertz CT molecular complexity index is 431. The van der Waals surface area contributed by atoms with Crippen molar-refractivity contribution in [1.29, 1.82) is 0 Å². The molecule has 0 unspecified atom stereocenters. The van der Waals surface area contributed by atoms with E-state index in [9.17, 15) is 4.79 Å². The molecule has 1 aliphatic rings. The number of para-hydroxylation sites is 1. The summed E-state index contributed by atoms with van der Waals surface area (Å²) in [5.41, 5.74) is 2.56. The molecule has 1 heterocycles. The lowest BCUT2D eigenvalue weighted by Gasteiger charge is -2.31. The standard InChI is InChI=1S/C14H19NO3/c1-10(2)15-12(8-18-9-14(16)17)7-11-5-3-4-6-13(11)15/h3-6,10,12H,7-9H2,1-2H3,(H,16,17)/t12-/m0/s1. The highest BCUT2D eigenvalue weighted by Gasteiger charge is 2.30. The van der Waals surface area contributed by atoms with E-state index in [1.165, 1.54) is 11.3 Å². The number of ether oxygens (including phenoxy) is 1. The Balaban J connectivity index is 2.07. The van der Waals surface area contributed by atoms with Gasteiger partial charge >= 0.3 is 5.97 Å². The van der Waals surface area contributed by atoms with Gasteiger partial charge in [0.05, 0.1) is 12.6 Å². The number of carboxylic acid groups (broad SMARTS) is 1. The first-order chi connectivity index (χ1) is 8.59. The summed E-state index contributed by atoms with van der Waals surface area (Å²) < 4.78 is 5.25. The number of hydrogen-bond donors (Lipinski definition) is 1. The zero-order valence-corrected chi connectivity index (χ0v) is 10.8. The van der Waals surface area contributed by atoms with Crippen LogP contribution in [-0.4, -0.2) is 36.4 Å². The molecule has 98 valence electrons. The molecular formula is C14H19NO3. The van der Waals surface area contributed by atoms with Crippen LogP contribution in [0.4, 0.5) is 5.69 Å². The van der Waals surface area contributed by atoms with Crippen LogP contribution in [0, 0.1) is 0 Å². The van der Waals surface area contributed by atoms with Gasteiger partial charge in [-0.3, -0.25) is 0 Å². The average Bonchev–Trinajstić information content (AvgIpc) is 2.66. The normalized spacial score (nSPS) is 18.2. The van der Waals surface area contributed by atoms with E-state index in [2.05, 4.69) is 30.9 Å². The topological polar surface area (TPSA) is 49.8 Å². The molecule has 1 atom stereocenters. The molecule has 1 aromatic rings. The Morgan fingerprint density at radius 3 is 2.89 bits per heavy atom. The molecular weight excluding hydrogens is 230 g/mol. The van der Waals surface area contributed by atoms with Crippen molar-refractivity contribution in [3.8, 4) is 0 Å². The summed E-state index contributed by atoms with van der Waals surface area (Å²) in [4.78, 5) is 12.8. The number of carbonyl (C=O) groups is 1. The number of rotatable bonds is 5. The van der Waals surface area contributed by atoms with Crippen molar-refractivity contribution < 1.29 is 14.6 Å². The summed E-state index contributed by atoms with van der Waals surface area (Å²) in [7, 11) is 0. The highest BCUT2D eigenvalue weighted by molar-refractivity contribution is 5.68. The predicted molar refractivity (Wildman–Crippen MR) is 70.0 cm³/mol. The lowest BCUT2D eigenvalue weighted by molar-refractivity contribution is -0.142. The van der Waals surface area contributed by atoms with Crippen LogP contribution in [0.25, 0.3) is 0 Å². The van der Waals surface area contributed by atoms with Gasteiger partial charge in [-0.2, -0.15) is 0 Å². The fourth-order valence-electron chi connectivity index (χ4n) is 2.61. The van der Waals surface area contributed by atoms with Crippen LogP contribution in [0.3, 0.4) is 0 Å². The zero-order chi connectivity index (χ0) is 13.1. The Hall–Kier alpha value is -1.55. The Morgan fingerprint density at radius 2 is 2.22 bits per heavy atom. The van der Waals surface area contributed by atoms with Gasteiger partial charge in [0.25, 0.3) is 0 Å². The largest absolute Gasteiger partial charge is 0.480 e. The van der Waals surface area contributed by atoms with Crippen molar-refractivity contribution in [2.75, 3.05) is 18.1 Å². The molecule has 4 heteroatoms. The fourth-order valence-corrected chi connectivity index (χ4v) is 2.61. The maximum atomic E-state index is 10.5. The number of nitrogens with zero attached hydrogens (tertiary/aromatic N) is 1. The molecule has 0 saturated carbocycles. The van der Waals surface area contributed by atoms with E-state index < -0.39 is 5.97 Å². The number of hydrogen-bond acceptors (Lipinski definition) is 3. The number of fused-ring (bicyclic) bond motifs is 1. The molecule has 0 aliphatic carbocycles. The van der Waals surface area contributed by atoms with Gasteiger partial charge in [0, 0.05) is 11.7 Å². The van der Waals surface area contributed by atoms with Gasteiger partial charge in [0.2, 0.25) is 0 Å². The van der Waals surface area contributed by atoms with Gasteiger partial charge in [0.15, 0.2) is 0 Å². The molecule has 0 fully saturated rings. The monoisotopic (exact) mass is 249 g/mol. The van der Waals surface area contributed by atoms with E-state index in [1.54, 1.807) is 0 Å². The minimum absolute atomic E-state index is 0.223. The van der Waals surface area contributed by atoms with Crippen LogP contribution in [0.1, 0.15) is 19.4 Å². The van der Waals surface area contributed by atoms with Crippen LogP contribution >= 0.6 is 0 Å². The number of carboxylic acids is 1. The van der Waals surface area contributed by atoms with Crippen molar-refractivity contribution in [2.24, 2.45) is 0 Å². The Labute approximate surface area is 107 Å². The van der Waals surface area contributed by atoms with Gasteiger partial charge in [0.1, 0.15) is 6.61 Å². The average molecular weight is 249 g/mol. The third kappa shape index (κ3) is 2.64. The SMILES string of the molecule is CC(C)N1c2ccccc2C[C@H]1COCC(=O)O. The minimum atomic E-state index is -0.915. The van der Waals surface area contributed by atoms with Crippen molar-refractivity contribution >= 4 is 11.7 Å². The molecule has 0 bridgehead atoms. The first-order valence-electron chi connectivity index (χ1n) is 6.25. The molecule has 1 N–H and O–H groups in total. The second-order valence-electron chi connectivity index (χ2n) is 4.90. The summed E-state index contributed by atoms with van der Waals surface area (Å²) in [5, 5.41) is 8.60. The summed E-state index contributed by atoms with van der Waals surface area (Å²) in [6.07, 6.45) is 0.925. The molecule has 1 aliphatic heterocycles. The van der Waals surface area contributed by atoms with Gasteiger partial charge < -0.3 is 14.7 Å². The highest BCUT2D eigenvalue weighted by Crippen LogP contribution is 2.33. The van der Waals surface area contributed by atoms with Gasteiger partial charge in [-0.25, -0.2) is 4.79 Å². The van der Waals surface area contributed by atoms with Crippen LogP contribution in [0.15, 0.2) is 24.3 Å². The van der Waals surface area contributed by atoms with Crippen molar-refractivity contribution in [2.45, 2.75) is 32.4 Å². The summed E-state index contributed by atoms with van der Waals surface area (Å²) in [6.45, 7) is 4.52.